The molecule has 4 rings (SSSR count). The fourth-order valence-electron chi connectivity index (χ4n) is 3.53. The summed E-state index contributed by atoms with van der Waals surface area (Å²) in [5.41, 5.74) is 0. The molecule has 0 unspecified atom stereocenters. The van der Waals surface area contributed by atoms with Crippen LogP contribution in [-0.4, -0.2) is 54.0 Å². The molecule has 0 aromatic carbocycles. The highest BCUT2D eigenvalue weighted by molar-refractivity contribution is 5.81. The van der Waals surface area contributed by atoms with Crippen LogP contribution in [0.4, 0.5) is 0 Å². The summed E-state index contributed by atoms with van der Waals surface area (Å²) >= 11 is 0. The van der Waals surface area contributed by atoms with Crippen molar-refractivity contribution in [3.63, 3.8) is 0 Å². The summed E-state index contributed by atoms with van der Waals surface area (Å²) in [6, 6.07) is 0. The van der Waals surface area contributed by atoms with Crippen LogP contribution in [0.1, 0.15) is 27.2 Å². The Kier molecular flexibility index (Phi) is 2.35. The quantitative estimate of drug-likeness (QED) is 0.639. The lowest BCUT2D eigenvalue weighted by Gasteiger charge is -2.38. The number of carbonyl (C=O) groups excluding carboxylic acids is 1. The monoisotopic (exact) mass is 269 g/mol. The maximum Gasteiger partial charge on any atom is 0.227 e. The minimum atomic E-state index is -0.625. The first-order valence-electron chi connectivity index (χ1n) is 6.92. The van der Waals surface area contributed by atoms with Gasteiger partial charge in [0.25, 0.3) is 0 Å². The van der Waals surface area contributed by atoms with Crippen molar-refractivity contribution in [1.82, 2.24) is 4.90 Å². The first kappa shape index (κ1) is 12.1. The van der Waals surface area contributed by atoms with Gasteiger partial charge in [0.05, 0.1) is 6.54 Å². The van der Waals surface area contributed by atoms with Gasteiger partial charge in [0.15, 0.2) is 12.1 Å². The van der Waals surface area contributed by atoms with Gasteiger partial charge in [-0.15, -0.1) is 0 Å². The molecule has 0 aromatic rings. The van der Waals surface area contributed by atoms with E-state index in [1.54, 1.807) is 4.90 Å². The zero-order valence-corrected chi connectivity index (χ0v) is 11.4. The minimum absolute atomic E-state index is 0.0387. The number of fused-ring (bicyclic) bond motifs is 4. The molecule has 0 radical (unpaired) electrons. The maximum absolute atomic E-state index is 12.0. The second-order valence-electron chi connectivity index (χ2n) is 6.33. The van der Waals surface area contributed by atoms with E-state index in [4.69, 9.17) is 18.9 Å². The minimum Gasteiger partial charge on any atom is -0.349 e. The van der Waals surface area contributed by atoms with E-state index >= 15 is 0 Å². The van der Waals surface area contributed by atoms with Crippen molar-refractivity contribution in [3.8, 4) is 0 Å². The van der Waals surface area contributed by atoms with Gasteiger partial charge in [-0.2, -0.15) is 0 Å². The third-order valence-electron chi connectivity index (χ3n) is 4.39. The van der Waals surface area contributed by atoms with E-state index in [1.807, 2.05) is 20.8 Å². The molecule has 4 saturated heterocycles. The highest BCUT2D eigenvalue weighted by Gasteiger charge is 2.59. The molecule has 0 saturated carbocycles. The molecule has 6 nitrogen and oxygen atoms in total. The predicted octanol–water partition coefficient (Wildman–Crippen LogP) is 0.456. The first-order valence-corrected chi connectivity index (χ1v) is 6.92. The molecule has 19 heavy (non-hydrogen) atoms. The van der Waals surface area contributed by atoms with Gasteiger partial charge in [-0.05, 0) is 13.8 Å². The molecule has 1 amide bonds. The number of carbonyl (C=O) groups is 1. The van der Waals surface area contributed by atoms with Crippen molar-refractivity contribution in [1.29, 1.82) is 0 Å². The van der Waals surface area contributed by atoms with Crippen LogP contribution < -0.4 is 0 Å². The molecule has 0 spiro atoms. The summed E-state index contributed by atoms with van der Waals surface area (Å²) in [6.45, 7) is 6.28. The van der Waals surface area contributed by atoms with Gasteiger partial charge in [-0.1, -0.05) is 6.92 Å². The SMILES string of the molecule is C[C@H]1C[C@H]2O[C@@H]3[C@H]4OC(C)(C)O[C@H]4O[C@@H]3CN2C1=O. The zero-order chi connectivity index (χ0) is 13.4. The number of ether oxygens (including phenoxy) is 4. The topological polar surface area (TPSA) is 57.2 Å². The van der Waals surface area contributed by atoms with Crippen LogP contribution in [0, 0.1) is 5.92 Å². The molecule has 6 atom stereocenters. The molecule has 0 bridgehead atoms. The van der Waals surface area contributed by atoms with Crippen LogP contribution in [0.15, 0.2) is 0 Å². The Bertz CT molecular complexity index is 425. The smallest absolute Gasteiger partial charge is 0.227 e. The van der Waals surface area contributed by atoms with Crippen molar-refractivity contribution in [2.45, 2.75) is 63.8 Å². The van der Waals surface area contributed by atoms with Crippen molar-refractivity contribution in [3.05, 3.63) is 0 Å². The number of amides is 1. The summed E-state index contributed by atoms with van der Waals surface area (Å²) in [5, 5.41) is 0. The predicted molar refractivity (Wildman–Crippen MR) is 62.9 cm³/mol. The fraction of sp³-hybridized carbons (Fsp3) is 0.923. The largest absolute Gasteiger partial charge is 0.349 e. The second kappa shape index (κ2) is 3.69. The lowest BCUT2D eigenvalue weighted by Crippen LogP contribution is -2.54. The molecule has 4 fully saturated rings. The van der Waals surface area contributed by atoms with E-state index in [2.05, 4.69) is 0 Å². The molecule has 0 aromatic heterocycles. The van der Waals surface area contributed by atoms with Gasteiger partial charge in [-0.25, -0.2) is 0 Å². The van der Waals surface area contributed by atoms with E-state index in [0.717, 1.165) is 6.42 Å². The number of hydrogen-bond donors (Lipinski definition) is 0. The van der Waals surface area contributed by atoms with Crippen molar-refractivity contribution < 1.29 is 23.7 Å². The van der Waals surface area contributed by atoms with Crippen molar-refractivity contribution in [2.24, 2.45) is 5.92 Å². The van der Waals surface area contributed by atoms with Crippen molar-refractivity contribution in [2.75, 3.05) is 6.54 Å². The van der Waals surface area contributed by atoms with Gasteiger partial charge in [0, 0.05) is 12.3 Å². The molecule has 4 aliphatic rings. The average molecular weight is 269 g/mol. The molecule has 0 aliphatic carbocycles. The van der Waals surface area contributed by atoms with Gasteiger partial charge in [-0.3, -0.25) is 4.79 Å². The average Bonchev–Trinajstić information content (AvgIpc) is 2.88. The van der Waals surface area contributed by atoms with Gasteiger partial charge >= 0.3 is 0 Å². The molecule has 4 heterocycles. The summed E-state index contributed by atoms with van der Waals surface area (Å²) in [4.78, 5) is 13.8. The zero-order valence-electron chi connectivity index (χ0n) is 11.4. The van der Waals surface area contributed by atoms with E-state index in [-0.39, 0.29) is 42.7 Å². The van der Waals surface area contributed by atoms with Crippen LogP contribution in [-0.2, 0) is 23.7 Å². The van der Waals surface area contributed by atoms with Crippen LogP contribution in [0.2, 0.25) is 0 Å². The molecule has 4 aliphatic heterocycles. The van der Waals surface area contributed by atoms with Gasteiger partial charge in [0.2, 0.25) is 5.91 Å². The number of rotatable bonds is 0. The number of hydrogen-bond acceptors (Lipinski definition) is 5. The normalized spacial score (nSPS) is 51.1. The first-order chi connectivity index (χ1) is 8.94. The van der Waals surface area contributed by atoms with Crippen LogP contribution in [0.3, 0.4) is 0 Å². The van der Waals surface area contributed by atoms with E-state index in [9.17, 15) is 4.79 Å². The van der Waals surface area contributed by atoms with Crippen molar-refractivity contribution >= 4 is 5.91 Å². The van der Waals surface area contributed by atoms with Crippen LogP contribution in [0.5, 0.6) is 0 Å². The highest BCUT2D eigenvalue weighted by Crippen LogP contribution is 2.43. The Morgan fingerprint density at radius 3 is 2.79 bits per heavy atom. The van der Waals surface area contributed by atoms with Crippen LogP contribution >= 0.6 is 0 Å². The van der Waals surface area contributed by atoms with Crippen LogP contribution in [0.25, 0.3) is 0 Å². The maximum atomic E-state index is 12.0. The summed E-state index contributed by atoms with van der Waals surface area (Å²) < 4.78 is 23.5. The Balaban J connectivity index is 1.55. The molecule has 0 N–H and O–H groups in total. The Hall–Kier alpha value is -0.690. The standard InChI is InChI=1S/C13H19NO5/c1-6-4-8-14(11(6)15)5-7-9(17-8)10-12(16-7)19-13(2,3)18-10/h6-10,12H,4-5H2,1-3H3/t6-,7+,8+,9-,10+,12+/m0/s1. The molecular formula is C13H19NO5. The summed E-state index contributed by atoms with van der Waals surface area (Å²) in [5.74, 6) is -0.428. The molecular weight excluding hydrogens is 250 g/mol. The third-order valence-corrected chi connectivity index (χ3v) is 4.39. The summed E-state index contributed by atoms with van der Waals surface area (Å²) in [7, 11) is 0. The fourth-order valence-corrected chi connectivity index (χ4v) is 3.53. The molecule has 106 valence electrons. The summed E-state index contributed by atoms with van der Waals surface area (Å²) in [6.07, 6.45) is -0.212. The van der Waals surface area contributed by atoms with E-state index in [0.29, 0.717) is 6.54 Å². The Labute approximate surface area is 111 Å². The Morgan fingerprint density at radius 1 is 1.21 bits per heavy atom. The second-order valence-corrected chi connectivity index (χ2v) is 6.33. The molecule has 6 heteroatoms. The lowest BCUT2D eigenvalue weighted by molar-refractivity contribution is -0.243. The van der Waals surface area contributed by atoms with Gasteiger partial charge in [0.1, 0.15) is 24.5 Å². The third kappa shape index (κ3) is 1.67. The Morgan fingerprint density at radius 2 is 2.00 bits per heavy atom. The van der Waals surface area contributed by atoms with Gasteiger partial charge < -0.3 is 23.8 Å². The van der Waals surface area contributed by atoms with E-state index in [1.165, 1.54) is 0 Å². The highest BCUT2D eigenvalue weighted by atomic mass is 16.8. The number of nitrogens with zero attached hydrogens (tertiary/aromatic N) is 1. The lowest BCUT2D eigenvalue weighted by atomic mass is 10.1. The van der Waals surface area contributed by atoms with E-state index < -0.39 is 5.79 Å².